The summed E-state index contributed by atoms with van der Waals surface area (Å²) in [5.41, 5.74) is 1.40. The van der Waals surface area contributed by atoms with Crippen LogP contribution in [0.25, 0.3) is 10.9 Å². The minimum Gasteiger partial charge on any atom is -0.298 e. The largest absolute Gasteiger partial charge is 0.298 e. The number of thiazole rings is 1. The molecule has 0 fully saturated rings. The molecule has 1 amide bonds. The van der Waals surface area contributed by atoms with Crippen LogP contribution in [0, 0.1) is 0 Å². The molecule has 0 radical (unpaired) electrons. The van der Waals surface area contributed by atoms with Gasteiger partial charge in [0.1, 0.15) is 0 Å². The molecule has 2 aromatic heterocycles. The van der Waals surface area contributed by atoms with Gasteiger partial charge in [0.2, 0.25) is 0 Å². The van der Waals surface area contributed by atoms with Crippen LogP contribution < -0.4 is 5.32 Å². The van der Waals surface area contributed by atoms with Gasteiger partial charge in [0.05, 0.1) is 21.7 Å². The van der Waals surface area contributed by atoms with E-state index in [1.807, 2.05) is 6.07 Å². The highest BCUT2D eigenvalue weighted by molar-refractivity contribution is 9.11. The van der Waals surface area contributed by atoms with Crippen molar-refractivity contribution in [3.05, 3.63) is 39.9 Å². The van der Waals surface area contributed by atoms with Crippen molar-refractivity contribution in [2.75, 3.05) is 5.32 Å². The highest BCUT2D eigenvalue weighted by Crippen LogP contribution is 2.23. The van der Waals surface area contributed by atoms with Gasteiger partial charge in [0.25, 0.3) is 5.91 Å². The molecule has 0 spiro atoms. The van der Waals surface area contributed by atoms with Crippen LogP contribution in [0.1, 0.15) is 10.4 Å². The smallest absolute Gasteiger partial charge is 0.257 e. The number of amides is 1. The Hall–Kier alpha value is -1.73. The topological polar surface area (TPSA) is 70.7 Å². The van der Waals surface area contributed by atoms with Gasteiger partial charge in [-0.05, 0) is 28.1 Å². The Bertz CT molecular complexity index is 720. The highest BCUT2D eigenvalue weighted by Gasteiger charge is 2.09. The number of benzene rings is 1. The molecule has 18 heavy (non-hydrogen) atoms. The summed E-state index contributed by atoms with van der Waals surface area (Å²) in [6, 6.07) is 5.38. The van der Waals surface area contributed by atoms with Gasteiger partial charge in [0, 0.05) is 10.9 Å². The number of nitrogens with zero attached hydrogens (tertiary/aromatic N) is 2. The Kier molecular flexibility index (Phi) is 2.85. The summed E-state index contributed by atoms with van der Waals surface area (Å²) in [5, 5.41) is 11.0. The zero-order chi connectivity index (χ0) is 12.5. The molecule has 0 atom stereocenters. The van der Waals surface area contributed by atoms with E-state index in [0.29, 0.717) is 10.7 Å². The Morgan fingerprint density at radius 2 is 2.28 bits per heavy atom. The molecule has 0 aliphatic rings. The highest BCUT2D eigenvalue weighted by atomic mass is 79.9. The number of fused-ring (bicyclic) bond motifs is 1. The maximum absolute atomic E-state index is 12.0. The third-order valence-electron chi connectivity index (χ3n) is 2.40. The zero-order valence-electron chi connectivity index (χ0n) is 8.98. The molecule has 0 aliphatic heterocycles. The van der Waals surface area contributed by atoms with E-state index in [1.165, 1.54) is 11.3 Å². The van der Waals surface area contributed by atoms with Crippen LogP contribution in [0.3, 0.4) is 0 Å². The molecule has 3 rings (SSSR count). The summed E-state index contributed by atoms with van der Waals surface area (Å²) in [4.78, 5) is 16.0. The fourth-order valence-electron chi connectivity index (χ4n) is 1.56. The van der Waals surface area contributed by atoms with Crippen molar-refractivity contribution in [1.29, 1.82) is 0 Å². The van der Waals surface area contributed by atoms with Gasteiger partial charge >= 0.3 is 0 Å². The monoisotopic (exact) mass is 322 g/mol. The molecule has 0 aliphatic carbocycles. The lowest BCUT2D eigenvalue weighted by molar-refractivity contribution is 0.102. The normalized spacial score (nSPS) is 10.7. The molecular weight excluding hydrogens is 316 g/mol. The Morgan fingerprint density at radius 1 is 1.39 bits per heavy atom. The fraction of sp³-hybridized carbons (Fsp3) is 0. The fourth-order valence-corrected chi connectivity index (χ4v) is 2.66. The number of nitrogens with one attached hydrogen (secondary N) is 2. The second-order valence-electron chi connectivity index (χ2n) is 3.60. The van der Waals surface area contributed by atoms with E-state index in [4.69, 9.17) is 0 Å². The summed E-state index contributed by atoms with van der Waals surface area (Å²) in [7, 11) is 0. The summed E-state index contributed by atoms with van der Waals surface area (Å²) in [6.07, 6.45) is 3.37. The first-order chi connectivity index (χ1) is 8.72. The van der Waals surface area contributed by atoms with Gasteiger partial charge in [-0.2, -0.15) is 5.10 Å². The first kappa shape index (κ1) is 11.4. The van der Waals surface area contributed by atoms with Gasteiger partial charge in [-0.1, -0.05) is 17.4 Å². The number of aromatic amines is 1. The van der Waals surface area contributed by atoms with Crippen molar-refractivity contribution in [2.45, 2.75) is 0 Å². The molecule has 5 nitrogen and oxygen atoms in total. The molecule has 90 valence electrons. The van der Waals surface area contributed by atoms with Crippen LogP contribution in [0.2, 0.25) is 0 Å². The molecule has 0 saturated carbocycles. The van der Waals surface area contributed by atoms with E-state index in [-0.39, 0.29) is 5.91 Å². The van der Waals surface area contributed by atoms with Crippen molar-refractivity contribution < 1.29 is 4.79 Å². The number of halogens is 1. The van der Waals surface area contributed by atoms with E-state index < -0.39 is 0 Å². The van der Waals surface area contributed by atoms with Crippen LogP contribution in [0.4, 0.5) is 5.13 Å². The minimum absolute atomic E-state index is 0.187. The lowest BCUT2D eigenvalue weighted by Crippen LogP contribution is -2.11. The van der Waals surface area contributed by atoms with E-state index in [1.54, 1.807) is 24.5 Å². The molecule has 0 bridgehead atoms. The number of carbonyl (C=O) groups excluding carboxylic acids is 1. The predicted molar refractivity (Wildman–Crippen MR) is 73.9 cm³/mol. The van der Waals surface area contributed by atoms with Gasteiger partial charge < -0.3 is 0 Å². The van der Waals surface area contributed by atoms with Gasteiger partial charge in [-0.25, -0.2) is 4.98 Å². The Morgan fingerprint density at radius 3 is 3.06 bits per heavy atom. The van der Waals surface area contributed by atoms with E-state index in [0.717, 1.165) is 14.7 Å². The summed E-state index contributed by atoms with van der Waals surface area (Å²) in [5.74, 6) is -0.187. The van der Waals surface area contributed by atoms with Crippen LogP contribution in [-0.2, 0) is 0 Å². The van der Waals surface area contributed by atoms with E-state index >= 15 is 0 Å². The molecule has 0 unspecified atom stereocenters. The maximum Gasteiger partial charge on any atom is 0.257 e. The van der Waals surface area contributed by atoms with E-state index in [2.05, 4.69) is 36.4 Å². The first-order valence-corrected chi connectivity index (χ1v) is 6.69. The average Bonchev–Trinajstić information content (AvgIpc) is 2.96. The van der Waals surface area contributed by atoms with Crippen molar-refractivity contribution in [2.24, 2.45) is 0 Å². The number of H-pyrrole nitrogens is 1. The third-order valence-corrected chi connectivity index (χ3v) is 3.79. The number of carbonyl (C=O) groups is 1. The van der Waals surface area contributed by atoms with E-state index in [9.17, 15) is 4.79 Å². The summed E-state index contributed by atoms with van der Waals surface area (Å²) < 4.78 is 0.877. The summed E-state index contributed by atoms with van der Waals surface area (Å²) >= 11 is 4.67. The number of hydrogen-bond acceptors (Lipinski definition) is 4. The first-order valence-electron chi connectivity index (χ1n) is 5.08. The van der Waals surface area contributed by atoms with Gasteiger partial charge in [-0.15, -0.1) is 0 Å². The van der Waals surface area contributed by atoms with Gasteiger partial charge in [-0.3, -0.25) is 15.2 Å². The lowest BCUT2D eigenvalue weighted by Gasteiger charge is -2.01. The molecule has 2 heterocycles. The van der Waals surface area contributed by atoms with Crippen molar-refractivity contribution in [3.63, 3.8) is 0 Å². The molecule has 2 N–H and O–H groups in total. The molecule has 1 aromatic carbocycles. The minimum atomic E-state index is -0.187. The third kappa shape index (κ3) is 2.14. The number of anilines is 1. The second kappa shape index (κ2) is 4.51. The standard InChI is InChI=1S/C11H7BrN4OS/c12-9-5-13-11(18-9)15-10(17)6-1-2-7-4-14-16-8(7)3-6/h1-5H,(H,14,16)(H,13,15,17). The maximum atomic E-state index is 12.0. The van der Waals surface area contributed by atoms with Crippen LogP contribution in [-0.4, -0.2) is 21.1 Å². The molecular formula is C11H7BrN4OS. The number of hydrogen-bond donors (Lipinski definition) is 2. The van der Waals surface area contributed by atoms with Crippen molar-refractivity contribution in [3.8, 4) is 0 Å². The van der Waals surface area contributed by atoms with Crippen molar-refractivity contribution >= 4 is 49.2 Å². The van der Waals surface area contributed by atoms with Crippen molar-refractivity contribution in [1.82, 2.24) is 15.2 Å². The Balaban J connectivity index is 1.87. The van der Waals surface area contributed by atoms with Gasteiger partial charge in [0.15, 0.2) is 5.13 Å². The zero-order valence-corrected chi connectivity index (χ0v) is 11.4. The second-order valence-corrected chi connectivity index (χ2v) is 6.01. The van der Waals surface area contributed by atoms with Crippen LogP contribution in [0.15, 0.2) is 34.4 Å². The summed E-state index contributed by atoms with van der Waals surface area (Å²) in [6.45, 7) is 0. The number of aromatic nitrogens is 3. The Labute approximate surface area is 114 Å². The number of rotatable bonds is 2. The quantitative estimate of drug-likeness (QED) is 0.761. The SMILES string of the molecule is O=C(Nc1ncc(Br)s1)c1ccc2cn[nH]c2c1. The average molecular weight is 323 g/mol. The molecule has 3 aromatic rings. The molecule has 7 heteroatoms. The van der Waals surface area contributed by atoms with Crippen LogP contribution >= 0.6 is 27.3 Å². The van der Waals surface area contributed by atoms with Crippen LogP contribution in [0.5, 0.6) is 0 Å². The predicted octanol–water partition coefficient (Wildman–Crippen LogP) is 3.03. The lowest BCUT2D eigenvalue weighted by atomic mass is 10.1. The molecule has 0 saturated heterocycles.